The van der Waals surface area contributed by atoms with E-state index in [1.165, 1.54) is 17.2 Å². The average molecular weight is 298 g/mol. The van der Waals surface area contributed by atoms with Gasteiger partial charge in [-0.15, -0.1) is 0 Å². The summed E-state index contributed by atoms with van der Waals surface area (Å²) in [7, 11) is 1.50. The standard InChI is InChI=1S/C16H18N4O2/c1-3-20-14-13(15(21)18(2)16(20)22)19(11-17-14)10-9-12-7-5-4-6-8-12/h4-8,11H,3,9-10H2,1-2H3. The number of rotatable bonds is 4. The molecular formula is C16H18N4O2. The maximum atomic E-state index is 12.4. The number of aryl methyl sites for hydroxylation is 3. The van der Waals surface area contributed by atoms with Gasteiger partial charge in [-0.2, -0.15) is 0 Å². The first-order valence-corrected chi connectivity index (χ1v) is 7.32. The van der Waals surface area contributed by atoms with Crippen LogP contribution in [0.3, 0.4) is 0 Å². The SMILES string of the molecule is CCn1c(=O)n(C)c(=O)c2c1ncn2CCc1ccccc1. The molecule has 0 N–H and O–H groups in total. The molecule has 1 aromatic carbocycles. The van der Waals surface area contributed by atoms with Gasteiger partial charge in [-0.25, -0.2) is 9.78 Å². The molecule has 3 aromatic rings. The molecule has 6 heteroatoms. The first-order chi connectivity index (χ1) is 10.6. The quantitative estimate of drug-likeness (QED) is 0.726. The second-order valence-electron chi connectivity index (χ2n) is 5.24. The number of fused-ring (bicyclic) bond motifs is 1. The molecule has 0 saturated carbocycles. The van der Waals surface area contributed by atoms with Crippen molar-refractivity contribution in [2.75, 3.05) is 0 Å². The van der Waals surface area contributed by atoms with E-state index in [1.54, 1.807) is 6.33 Å². The number of aromatic nitrogens is 4. The van der Waals surface area contributed by atoms with Gasteiger partial charge in [0.2, 0.25) is 0 Å². The van der Waals surface area contributed by atoms with Gasteiger partial charge in [-0.05, 0) is 18.9 Å². The molecule has 0 aliphatic heterocycles. The summed E-state index contributed by atoms with van der Waals surface area (Å²) in [6.45, 7) is 3.01. The van der Waals surface area contributed by atoms with Gasteiger partial charge in [0.25, 0.3) is 5.56 Å². The molecule has 0 spiro atoms. The first-order valence-electron chi connectivity index (χ1n) is 7.32. The van der Waals surface area contributed by atoms with Crippen LogP contribution in [-0.2, 0) is 26.6 Å². The fourth-order valence-corrected chi connectivity index (χ4v) is 2.65. The monoisotopic (exact) mass is 298 g/mol. The van der Waals surface area contributed by atoms with E-state index in [0.29, 0.717) is 24.3 Å². The van der Waals surface area contributed by atoms with Crippen molar-refractivity contribution in [3.8, 4) is 0 Å². The number of imidazole rings is 1. The van der Waals surface area contributed by atoms with E-state index >= 15 is 0 Å². The maximum Gasteiger partial charge on any atom is 0.332 e. The van der Waals surface area contributed by atoms with Gasteiger partial charge in [0.05, 0.1) is 6.33 Å². The topological polar surface area (TPSA) is 61.8 Å². The summed E-state index contributed by atoms with van der Waals surface area (Å²) in [5.74, 6) is 0. The minimum atomic E-state index is -0.326. The van der Waals surface area contributed by atoms with Crippen molar-refractivity contribution in [3.05, 3.63) is 63.1 Å². The molecule has 114 valence electrons. The fourth-order valence-electron chi connectivity index (χ4n) is 2.65. The van der Waals surface area contributed by atoms with Crippen molar-refractivity contribution in [1.82, 2.24) is 18.7 Å². The minimum Gasteiger partial charge on any atom is -0.324 e. The molecule has 0 unspecified atom stereocenters. The van der Waals surface area contributed by atoms with Crippen molar-refractivity contribution in [2.24, 2.45) is 7.05 Å². The van der Waals surface area contributed by atoms with Crippen LogP contribution >= 0.6 is 0 Å². The molecule has 0 bridgehead atoms. The predicted octanol–water partition coefficient (Wildman–Crippen LogP) is 1.16. The zero-order valence-electron chi connectivity index (χ0n) is 12.7. The van der Waals surface area contributed by atoms with Gasteiger partial charge in [-0.3, -0.25) is 13.9 Å². The highest BCUT2D eigenvalue weighted by Crippen LogP contribution is 2.09. The van der Waals surface area contributed by atoms with Crippen LogP contribution in [0.1, 0.15) is 12.5 Å². The Kier molecular flexibility index (Phi) is 3.66. The number of hydrogen-bond acceptors (Lipinski definition) is 3. The molecule has 0 atom stereocenters. The summed E-state index contributed by atoms with van der Waals surface area (Å²) in [6, 6.07) is 10.1. The zero-order chi connectivity index (χ0) is 15.7. The number of hydrogen-bond donors (Lipinski definition) is 0. The molecule has 0 aliphatic carbocycles. The van der Waals surface area contributed by atoms with Gasteiger partial charge in [0.15, 0.2) is 11.2 Å². The summed E-state index contributed by atoms with van der Waals surface area (Å²) in [5.41, 5.74) is 1.53. The van der Waals surface area contributed by atoms with E-state index < -0.39 is 0 Å². The van der Waals surface area contributed by atoms with Crippen molar-refractivity contribution < 1.29 is 0 Å². The Morgan fingerprint density at radius 2 is 1.86 bits per heavy atom. The van der Waals surface area contributed by atoms with E-state index in [1.807, 2.05) is 29.7 Å². The first kappa shape index (κ1) is 14.3. The lowest BCUT2D eigenvalue weighted by Gasteiger charge is -2.08. The summed E-state index contributed by atoms with van der Waals surface area (Å²) in [6.07, 6.45) is 2.45. The third-order valence-corrected chi connectivity index (χ3v) is 3.90. The summed E-state index contributed by atoms with van der Waals surface area (Å²) in [5, 5.41) is 0. The molecule has 6 nitrogen and oxygen atoms in total. The molecule has 22 heavy (non-hydrogen) atoms. The Morgan fingerprint density at radius 1 is 1.14 bits per heavy atom. The van der Waals surface area contributed by atoms with Crippen LogP contribution in [-0.4, -0.2) is 18.7 Å². The van der Waals surface area contributed by atoms with E-state index in [9.17, 15) is 9.59 Å². The van der Waals surface area contributed by atoms with Crippen molar-refractivity contribution in [1.29, 1.82) is 0 Å². The summed E-state index contributed by atoms with van der Waals surface area (Å²) < 4.78 is 4.50. The second-order valence-corrected chi connectivity index (χ2v) is 5.24. The van der Waals surface area contributed by atoms with Gasteiger partial charge >= 0.3 is 5.69 Å². The van der Waals surface area contributed by atoms with Gasteiger partial charge in [-0.1, -0.05) is 30.3 Å². The molecule has 3 rings (SSSR count). The maximum absolute atomic E-state index is 12.4. The third-order valence-electron chi connectivity index (χ3n) is 3.90. The Bertz CT molecular complexity index is 919. The highest BCUT2D eigenvalue weighted by atomic mass is 16.2. The molecule has 2 aromatic heterocycles. The largest absolute Gasteiger partial charge is 0.332 e. The molecule has 0 aliphatic rings. The van der Waals surface area contributed by atoms with E-state index in [-0.39, 0.29) is 11.2 Å². The second kappa shape index (κ2) is 5.63. The lowest BCUT2D eigenvalue weighted by atomic mass is 10.1. The smallest absolute Gasteiger partial charge is 0.324 e. The number of benzene rings is 1. The van der Waals surface area contributed by atoms with Gasteiger partial charge in [0.1, 0.15) is 0 Å². The van der Waals surface area contributed by atoms with Crippen molar-refractivity contribution >= 4 is 11.2 Å². The van der Waals surface area contributed by atoms with E-state index in [4.69, 9.17) is 0 Å². The minimum absolute atomic E-state index is 0.296. The highest BCUT2D eigenvalue weighted by Gasteiger charge is 2.15. The fraction of sp³-hybridized carbons (Fsp3) is 0.312. The molecule has 0 fully saturated rings. The molecular weight excluding hydrogens is 280 g/mol. The summed E-state index contributed by atoms with van der Waals surface area (Å²) >= 11 is 0. The molecule has 2 heterocycles. The Hall–Kier alpha value is -2.63. The van der Waals surface area contributed by atoms with Crippen LogP contribution in [0.25, 0.3) is 11.2 Å². The zero-order valence-corrected chi connectivity index (χ0v) is 12.7. The highest BCUT2D eigenvalue weighted by molar-refractivity contribution is 5.70. The Labute approximate surface area is 127 Å². The molecule has 0 amide bonds. The average Bonchev–Trinajstić information content (AvgIpc) is 2.96. The van der Waals surface area contributed by atoms with E-state index in [0.717, 1.165) is 11.0 Å². The van der Waals surface area contributed by atoms with Crippen LogP contribution in [0.2, 0.25) is 0 Å². The van der Waals surface area contributed by atoms with E-state index in [2.05, 4.69) is 17.1 Å². The van der Waals surface area contributed by atoms with Crippen LogP contribution in [0.5, 0.6) is 0 Å². The van der Waals surface area contributed by atoms with Crippen molar-refractivity contribution in [3.63, 3.8) is 0 Å². The Balaban J connectivity index is 2.07. The van der Waals surface area contributed by atoms with Crippen LogP contribution < -0.4 is 11.2 Å². The predicted molar refractivity (Wildman–Crippen MR) is 85.1 cm³/mol. The Morgan fingerprint density at radius 3 is 2.55 bits per heavy atom. The van der Waals surface area contributed by atoms with Gasteiger partial charge < -0.3 is 4.57 Å². The normalized spacial score (nSPS) is 11.2. The third kappa shape index (κ3) is 2.26. The van der Waals surface area contributed by atoms with Crippen LogP contribution in [0, 0.1) is 0 Å². The summed E-state index contributed by atoms with van der Waals surface area (Å²) in [4.78, 5) is 28.8. The lowest BCUT2D eigenvalue weighted by Crippen LogP contribution is -2.38. The van der Waals surface area contributed by atoms with Crippen LogP contribution in [0.15, 0.2) is 46.2 Å². The number of nitrogens with zero attached hydrogens (tertiary/aromatic N) is 4. The lowest BCUT2D eigenvalue weighted by molar-refractivity contribution is 0.646. The molecule has 0 saturated heterocycles. The molecule has 0 radical (unpaired) electrons. The van der Waals surface area contributed by atoms with Crippen LogP contribution in [0.4, 0.5) is 0 Å². The van der Waals surface area contributed by atoms with Gasteiger partial charge in [0, 0.05) is 20.1 Å². The van der Waals surface area contributed by atoms with Crippen molar-refractivity contribution in [2.45, 2.75) is 26.4 Å².